The molecule has 0 spiro atoms. The Kier molecular flexibility index (Phi) is 3.19. The molecule has 0 heterocycles. The van der Waals surface area contributed by atoms with Gasteiger partial charge in [-0.25, -0.2) is 9.18 Å². The van der Waals surface area contributed by atoms with E-state index < -0.39 is 12.6 Å². The van der Waals surface area contributed by atoms with Crippen LogP contribution < -0.4 is 0 Å². The monoisotopic (exact) mass is 230 g/mol. The van der Waals surface area contributed by atoms with Crippen LogP contribution in [0.15, 0.2) is 48.5 Å². The van der Waals surface area contributed by atoms with Gasteiger partial charge in [0, 0.05) is 0 Å². The fraction of sp³-hybridized carbons (Fsp3) is 0.0714. The van der Waals surface area contributed by atoms with E-state index in [-0.39, 0.29) is 11.1 Å². The number of rotatable bonds is 3. The third kappa shape index (κ3) is 2.18. The number of hydrogen-bond donors (Lipinski definition) is 1. The normalized spacial score (nSPS) is 10.2. The van der Waals surface area contributed by atoms with Gasteiger partial charge in [-0.1, -0.05) is 48.5 Å². The summed E-state index contributed by atoms with van der Waals surface area (Å²) in [7, 11) is 0. The minimum atomic E-state index is -1.10. The zero-order chi connectivity index (χ0) is 12.3. The molecule has 2 rings (SSSR count). The second-order valence-electron chi connectivity index (χ2n) is 3.64. The van der Waals surface area contributed by atoms with Gasteiger partial charge in [0.05, 0.1) is 5.56 Å². The van der Waals surface area contributed by atoms with Crippen LogP contribution in [0.3, 0.4) is 0 Å². The Morgan fingerprint density at radius 2 is 1.76 bits per heavy atom. The first-order valence-electron chi connectivity index (χ1n) is 5.20. The Labute approximate surface area is 98.3 Å². The second kappa shape index (κ2) is 4.78. The highest BCUT2D eigenvalue weighted by atomic mass is 19.1. The lowest BCUT2D eigenvalue weighted by Crippen LogP contribution is -2.04. The summed E-state index contributed by atoms with van der Waals surface area (Å²) in [4.78, 5) is 11.2. The van der Waals surface area contributed by atoms with Crippen molar-refractivity contribution in [1.29, 1.82) is 0 Å². The van der Waals surface area contributed by atoms with Crippen LogP contribution in [0.4, 0.5) is 4.39 Å². The van der Waals surface area contributed by atoms with Crippen LogP contribution in [0.2, 0.25) is 0 Å². The molecule has 0 unspecified atom stereocenters. The Morgan fingerprint density at radius 3 is 2.35 bits per heavy atom. The fourth-order valence-electron chi connectivity index (χ4n) is 1.82. The predicted octanol–water partition coefficient (Wildman–Crippen LogP) is 3.52. The Bertz CT molecular complexity index is 535. The van der Waals surface area contributed by atoms with Crippen LogP contribution in [-0.2, 0) is 6.67 Å². The molecule has 0 atom stereocenters. The number of alkyl halides is 1. The highest BCUT2D eigenvalue weighted by molar-refractivity contribution is 5.97. The van der Waals surface area contributed by atoms with Crippen molar-refractivity contribution in [2.24, 2.45) is 0 Å². The number of aromatic carboxylic acids is 1. The minimum Gasteiger partial charge on any atom is -0.478 e. The smallest absolute Gasteiger partial charge is 0.336 e. The van der Waals surface area contributed by atoms with Crippen molar-refractivity contribution in [3.63, 3.8) is 0 Å². The summed E-state index contributed by atoms with van der Waals surface area (Å²) in [6, 6.07) is 14.0. The molecule has 0 saturated heterocycles. The number of halogens is 1. The maximum atomic E-state index is 12.8. The molecule has 2 aromatic carbocycles. The average molecular weight is 230 g/mol. The van der Waals surface area contributed by atoms with Crippen molar-refractivity contribution in [3.8, 4) is 11.1 Å². The fourth-order valence-corrected chi connectivity index (χ4v) is 1.82. The molecule has 0 radical (unpaired) electrons. The number of carboxylic acids is 1. The molecule has 17 heavy (non-hydrogen) atoms. The van der Waals surface area contributed by atoms with E-state index in [9.17, 15) is 14.3 Å². The lowest BCUT2D eigenvalue weighted by molar-refractivity contribution is 0.0695. The van der Waals surface area contributed by atoms with Crippen LogP contribution >= 0.6 is 0 Å². The SMILES string of the molecule is O=C(O)c1c(CF)cccc1-c1ccccc1. The maximum Gasteiger partial charge on any atom is 0.336 e. The molecule has 0 aliphatic rings. The Balaban J connectivity index is 2.66. The molecule has 0 fully saturated rings. The lowest BCUT2D eigenvalue weighted by Gasteiger charge is -2.09. The first kappa shape index (κ1) is 11.3. The standard InChI is InChI=1S/C14H11FO2/c15-9-11-7-4-8-12(13(11)14(16)17)10-5-2-1-3-6-10/h1-8H,9H2,(H,16,17). The minimum absolute atomic E-state index is 0.0428. The number of carboxylic acid groups (broad SMARTS) is 1. The molecule has 0 bridgehead atoms. The van der Waals surface area contributed by atoms with Crippen molar-refractivity contribution >= 4 is 5.97 Å². The quantitative estimate of drug-likeness (QED) is 0.875. The van der Waals surface area contributed by atoms with E-state index in [4.69, 9.17) is 0 Å². The predicted molar refractivity (Wildman–Crippen MR) is 63.6 cm³/mol. The molecule has 1 N–H and O–H groups in total. The van der Waals surface area contributed by atoms with Crippen LogP contribution in [-0.4, -0.2) is 11.1 Å². The average Bonchev–Trinajstić information content (AvgIpc) is 2.38. The van der Waals surface area contributed by atoms with Gasteiger partial charge in [-0.05, 0) is 16.7 Å². The van der Waals surface area contributed by atoms with Gasteiger partial charge >= 0.3 is 5.97 Å². The van der Waals surface area contributed by atoms with Gasteiger partial charge in [-0.2, -0.15) is 0 Å². The Hall–Kier alpha value is -2.16. The summed E-state index contributed by atoms with van der Waals surface area (Å²) < 4.78 is 12.8. The molecule has 0 aliphatic carbocycles. The zero-order valence-corrected chi connectivity index (χ0v) is 9.06. The van der Waals surface area contributed by atoms with Gasteiger partial charge in [-0.15, -0.1) is 0 Å². The summed E-state index contributed by atoms with van der Waals surface area (Å²) in [6.07, 6.45) is 0. The van der Waals surface area contributed by atoms with Gasteiger partial charge < -0.3 is 5.11 Å². The second-order valence-corrected chi connectivity index (χ2v) is 3.64. The van der Waals surface area contributed by atoms with E-state index in [0.29, 0.717) is 5.56 Å². The Morgan fingerprint density at radius 1 is 1.06 bits per heavy atom. The molecular formula is C14H11FO2. The zero-order valence-electron chi connectivity index (χ0n) is 9.06. The van der Waals surface area contributed by atoms with E-state index in [1.807, 2.05) is 30.3 Å². The van der Waals surface area contributed by atoms with E-state index in [2.05, 4.69) is 0 Å². The maximum absolute atomic E-state index is 12.8. The van der Waals surface area contributed by atoms with Crippen molar-refractivity contribution in [3.05, 3.63) is 59.7 Å². The molecule has 0 aliphatic heterocycles. The van der Waals surface area contributed by atoms with Gasteiger partial charge in [0.25, 0.3) is 0 Å². The lowest BCUT2D eigenvalue weighted by atomic mass is 9.96. The highest BCUT2D eigenvalue weighted by Crippen LogP contribution is 2.26. The van der Waals surface area contributed by atoms with Crippen LogP contribution in [0.1, 0.15) is 15.9 Å². The van der Waals surface area contributed by atoms with E-state index in [0.717, 1.165) is 5.56 Å². The van der Waals surface area contributed by atoms with Crippen molar-refractivity contribution in [2.45, 2.75) is 6.67 Å². The van der Waals surface area contributed by atoms with Crippen LogP contribution in [0.25, 0.3) is 11.1 Å². The summed E-state index contributed by atoms with van der Waals surface area (Å²) in [6.45, 7) is -0.775. The molecule has 0 saturated carbocycles. The molecular weight excluding hydrogens is 219 g/mol. The van der Waals surface area contributed by atoms with Crippen LogP contribution in [0, 0.1) is 0 Å². The third-order valence-corrected chi connectivity index (χ3v) is 2.59. The third-order valence-electron chi connectivity index (χ3n) is 2.59. The molecule has 86 valence electrons. The molecule has 2 nitrogen and oxygen atoms in total. The summed E-state index contributed by atoms with van der Waals surface area (Å²) in [5.74, 6) is -1.10. The molecule has 2 aromatic rings. The first-order chi connectivity index (χ1) is 8.24. The van der Waals surface area contributed by atoms with Gasteiger partial charge in [0.15, 0.2) is 0 Å². The topological polar surface area (TPSA) is 37.3 Å². The summed E-state index contributed by atoms with van der Waals surface area (Å²) >= 11 is 0. The molecule has 3 heteroatoms. The van der Waals surface area contributed by atoms with Gasteiger partial charge in [-0.3, -0.25) is 0 Å². The number of hydrogen-bond acceptors (Lipinski definition) is 1. The van der Waals surface area contributed by atoms with Crippen molar-refractivity contribution in [2.75, 3.05) is 0 Å². The van der Waals surface area contributed by atoms with Gasteiger partial charge in [0.2, 0.25) is 0 Å². The summed E-state index contributed by atoms with van der Waals surface area (Å²) in [5, 5.41) is 9.17. The van der Waals surface area contributed by atoms with Crippen molar-refractivity contribution < 1.29 is 14.3 Å². The van der Waals surface area contributed by atoms with Crippen LogP contribution in [0.5, 0.6) is 0 Å². The number of benzene rings is 2. The first-order valence-corrected chi connectivity index (χ1v) is 5.20. The largest absolute Gasteiger partial charge is 0.478 e. The molecule has 0 amide bonds. The van der Waals surface area contributed by atoms with Gasteiger partial charge in [0.1, 0.15) is 6.67 Å². The number of carbonyl (C=O) groups is 1. The van der Waals surface area contributed by atoms with Crippen molar-refractivity contribution in [1.82, 2.24) is 0 Å². The highest BCUT2D eigenvalue weighted by Gasteiger charge is 2.15. The van der Waals surface area contributed by atoms with E-state index >= 15 is 0 Å². The van der Waals surface area contributed by atoms with E-state index in [1.54, 1.807) is 12.1 Å². The molecule has 0 aromatic heterocycles. The van der Waals surface area contributed by atoms with E-state index in [1.165, 1.54) is 6.07 Å². The summed E-state index contributed by atoms with van der Waals surface area (Å²) in [5.41, 5.74) is 1.58.